The van der Waals surface area contributed by atoms with E-state index < -0.39 is 12.1 Å². The summed E-state index contributed by atoms with van der Waals surface area (Å²) in [5.41, 5.74) is 5.21. The van der Waals surface area contributed by atoms with Gasteiger partial charge in [0.25, 0.3) is 0 Å². The van der Waals surface area contributed by atoms with Crippen LogP contribution in [0.5, 0.6) is 0 Å². The van der Waals surface area contributed by atoms with Gasteiger partial charge in [-0.3, -0.25) is 4.79 Å². The summed E-state index contributed by atoms with van der Waals surface area (Å²) in [6.07, 6.45) is 4.83. The van der Waals surface area contributed by atoms with Crippen LogP contribution in [0.25, 0.3) is 0 Å². The maximum atomic E-state index is 12.5. The summed E-state index contributed by atoms with van der Waals surface area (Å²) < 4.78 is 5.57. The molecule has 0 unspecified atom stereocenters. The summed E-state index contributed by atoms with van der Waals surface area (Å²) in [4.78, 5) is 25.2. The fourth-order valence-corrected chi connectivity index (χ4v) is 3.28. The Balaban J connectivity index is 2.01. The number of likely N-dealkylation sites (tertiary alicyclic amines) is 1. The minimum absolute atomic E-state index is 0.0127. The Labute approximate surface area is 142 Å². The highest BCUT2D eigenvalue weighted by atomic mass is 16.3. The topological polar surface area (TPSA) is 102 Å². The van der Waals surface area contributed by atoms with Crippen LogP contribution in [0.2, 0.25) is 0 Å². The van der Waals surface area contributed by atoms with Crippen LogP contribution in [-0.2, 0) is 4.79 Å². The van der Waals surface area contributed by atoms with Crippen molar-refractivity contribution in [3.63, 3.8) is 0 Å². The van der Waals surface area contributed by atoms with E-state index in [1.165, 1.54) is 17.7 Å². The lowest BCUT2D eigenvalue weighted by atomic mass is 9.98. The van der Waals surface area contributed by atoms with Crippen molar-refractivity contribution < 1.29 is 18.9 Å². The fourth-order valence-electron chi connectivity index (χ4n) is 3.28. The molecule has 5 N–H and O–H groups in total. The number of hydrogen-bond donors (Lipinski definition) is 4. The second kappa shape index (κ2) is 8.73. The Kier molecular flexibility index (Phi) is 6.66. The Morgan fingerprint density at radius 1 is 1.38 bits per heavy atom. The summed E-state index contributed by atoms with van der Waals surface area (Å²) >= 11 is 0. The van der Waals surface area contributed by atoms with Crippen LogP contribution in [0.1, 0.15) is 44.9 Å². The number of nitrogens with two attached hydrogens (primary N) is 1. The molecule has 1 saturated heterocycles. The molecule has 0 aliphatic carbocycles. The third-order valence-electron chi connectivity index (χ3n) is 4.90. The summed E-state index contributed by atoms with van der Waals surface area (Å²) in [5.74, 6) is 0.701. The van der Waals surface area contributed by atoms with E-state index in [0.717, 1.165) is 25.3 Å². The number of hydrogen-bond acceptors (Lipinski definition) is 3. The van der Waals surface area contributed by atoms with E-state index in [2.05, 4.69) is 10.6 Å². The average molecular weight is 337 g/mol. The number of rotatable bonds is 8. The Morgan fingerprint density at radius 3 is 2.62 bits per heavy atom. The largest absolute Gasteiger partial charge is 0.463 e. The first-order valence-corrected chi connectivity index (χ1v) is 8.74. The van der Waals surface area contributed by atoms with Gasteiger partial charge in [-0.1, -0.05) is 20.3 Å². The molecule has 0 aromatic carbocycles. The van der Waals surface area contributed by atoms with Gasteiger partial charge in [-0.25, -0.2) is 4.79 Å². The van der Waals surface area contributed by atoms with E-state index in [-0.39, 0.29) is 17.9 Å². The zero-order valence-electron chi connectivity index (χ0n) is 14.5. The van der Waals surface area contributed by atoms with Crippen molar-refractivity contribution >= 4 is 11.9 Å². The molecule has 1 aromatic heterocycles. The van der Waals surface area contributed by atoms with Gasteiger partial charge >= 0.3 is 6.03 Å². The quantitative estimate of drug-likeness (QED) is 0.545. The lowest BCUT2D eigenvalue weighted by Gasteiger charge is -2.26. The predicted octanol–water partition coefficient (Wildman–Crippen LogP) is 0.199. The highest BCUT2D eigenvalue weighted by Gasteiger charge is 2.31. The highest BCUT2D eigenvalue weighted by Crippen LogP contribution is 2.12. The molecule has 7 heteroatoms. The predicted molar refractivity (Wildman–Crippen MR) is 90.4 cm³/mol. The normalized spacial score (nSPS) is 18.8. The van der Waals surface area contributed by atoms with Crippen LogP contribution in [0.3, 0.4) is 0 Å². The van der Waals surface area contributed by atoms with Crippen LogP contribution in [0, 0.1) is 5.92 Å². The van der Waals surface area contributed by atoms with E-state index in [0.29, 0.717) is 6.54 Å². The minimum Gasteiger partial charge on any atom is -0.463 e. The molecule has 3 amide bonds. The molecule has 0 saturated carbocycles. The fraction of sp³-hybridized carbons (Fsp3) is 0.647. The van der Waals surface area contributed by atoms with Gasteiger partial charge in [0, 0.05) is 12.8 Å². The molecular weight excluding hydrogens is 308 g/mol. The van der Waals surface area contributed by atoms with E-state index >= 15 is 0 Å². The number of amides is 3. The first kappa shape index (κ1) is 18.3. The first-order chi connectivity index (χ1) is 11.5. The number of furan rings is 1. The van der Waals surface area contributed by atoms with E-state index in [9.17, 15) is 9.59 Å². The number of nitrogens with one attached hydrogen (secondary N) is 3. The van der Waals surface area contributed by atoms with Crippen molar-refractivity contribution in [1.29, 1.82) is 0 Å². The standard InChI is InChI=1S/C17H28N4O3/c1-3-12(2)15(20-17(18)23)16(22)19-11-13(14-7-6-10-24-14)21-8-4-5-9-21/h6-7,10,12-13,15H,3-5,8-9,11H2,1-2H3,(H,19,22)(H3,18,20,23)/p+1/t12-,13-,15-/m0/s1. The Morgan fingerprint density at radius 2 is 2.08 bits per heavy atom. The molecule has 1 aliphatic heterocycles. The van der Waals surface area contributed by atoms with Gasteiger partial charge in [-0.15, -0.1) is 0 Å². The smallest absolute Gasteiger partial charge is 0.312 e. The lowest BCUT2D eigenvalue weighted by Crippen LogP contribution is -3.11. The monoisotopic (exact) mass is 337 g/mol. The molecule has 2 rings (SSSR count). The van der Waals surface area contributed by atoms with Gasteiger partial charge in [0.1, 0.15) is 6.04 Å². The number of primary amides is 1. The molecule has 3 atom stereocenters. The minimum atomic E-state index is -0.678. The van der Waals surface area contributed by atoms with Crippen LogP contribution in [0.4, 0.5) is 4.79 Å². The number of carbonyl (C=O) groups is 2. The second-order valence-corrected chi connectivity index (χ2v) is 6.55. The molecule has 1 fully saturated rings. The summed E-state index contributed by atoms with van der Waals surface area (Å²) in [7, 11) is 0. The maximum Gasteiger partial charge on any atom is 0.312 e. The van der Waals surface area contributed by atoms with Gasteiger partial charge in [-0.2, -0.15) is 0 Å². The van der Waals surface area contributed by atoms with Crippen molar-refractivity contribution in [2.24, 2.45) is 11.7 Å². The van der Waals surface area contributed by atoms with Gasteiger partial charge in [0.15, 0.2) is 11.8 Å². The van der Waals surface area contributed by atoms with E-state index in [4.69, 9.17) is 10.2 Å². The van der Waals surface area contributed by atoms with Crippen LogP contribution in [-0.4, -0.2) is 37.6 Å². The lowest BCUT2D eigenvalue weighted by molar-refractivity contribution is -0.919. The molecule has 2 heterocycles. The first-order valence-electron chi connectivity index (χ1n) is 8.74. The van der Waals surface area contributed by atoms with Gasteiger partial charge in [0.05, 0.1) is 25.9 Å². The van der Waals surface area contributed by atoms with Crippen molar-refractivity contribution in [2.75, 3.05) is 19.6 Å². The molecular formula is C17H29N4O3+. The van der Waals surface area contributed by atoms with E-state index in [1.54, 1.807) is 6.26 Å². The molecule has 134 valence electrons. The number of carbonyl (C=O) groups excluding carboxylic acids is 2. The maximum absolute atomic E-state index is 12.5. The summed E-state index contributed by atoms with van der Waals surface area (Å²) in [5, 5.41) is 5.53. The van der Waals surface area contributed by atoms with Crippen molar-refractivity contribution in [3.8, 4) is 0 Å². The molecule has 0 spiro atoms. The van der Waals surface area contributed by atoms with Crippen molar-refractivity contribution in [2.45, 2.75) is 45.2 Å². The molecule has 1 aromatic rings. The Hall–Kier alpha value is -2.02. The second-order valence-electron chi connectivity index (χ2n) is 6.55. The number of urea groups is 1. The molecule has 0 radical (unpaired) electrons. The average Bonchev–Trinajstić information content (AvgIpc) is 3.25. The summed E-state index contributed by atoms with van der Waals surface area (Å²) in [6, 6.07) is 2.63. The van der Waals surface area contributed by atoms with Crippen LogP contribution < -0.4 is 21.3 Å². The SMILES string of the molecule is CC[C@H](C)[C@H](NC(N)=O)C(=O)NC[C@@H](c1ccco1)[NH+]1CCCC1. The molecule has 0 bridgehead atoms. The molecule has 24 heavy (non-hydrogen) atoms. The zero-order valence-corrected chi connectivity index (χ0v) is 14.5. The van der Waals surface area contributed by atoms with E-state index in [1.807, 2.05) is 26.0 Å². The Bertz CT molecular complexity index is 526. The summed E-state index contributed by atoms with van der Waals surface area (Å²) in [6.45, 7) is 6.55. The third-order valence-corrected chi connectivity index (χ3v) is 4.90. The molecule has 1 aliphatic rings. The van der Waals surface area contributed by atoms with Gasteiger partial charge in [-0.05, 0) is 18.1 Å². The number of quaternary nitrogens is 1. The molecule has 7 nitrogen and oxygen atoms in total. The third kappa shape index (κ3) is 4.74. The van der Waals surface area contributed by atoms with Gasteiger partial charge < -0.3 is 25.7 Å². The van der Waals surface area contributed by atoms with Gasteiger partial charge in [0.2, 0.25) is 5.91 Å². The van der Waals surface area contributed by atoms with Crippen LogP contribution in [0.15, 0.2) is 22.8 Å². The van der Waals surface area contributed by atoms with Crippen molar-refractivity contribution in [3.05, 3.63) is 24.2 Å². The zero-order chi connectivity index (χ0) is 17.5. The van der Waals surface area contributed by atoms with Crippen LogP contribution >= 0.6 is 0 Å². The van der Waals surface area contributed by atoms with Crippen molar-refractivity contribution in [1.82, 2.24) is 10.6 Å². The highest BCUT2D eigenvalue weighted by molar-refractivity contribution is 5.86.